The van der Waals surface area contributed by atoms with Crippen molar-refractivity contribution in [1.29, 1.82) is 0 Å². The van der Waals surface area contributed by atoms with Crippen LogP contribution in [0.3, 0.4) is 0 Å². The monoisotopic (exact) mass is 316 g/mol. The van der Waals surface area contributed by atoms with E-state index >= 15 is 0 Å². The number of benzene rings is 1. The maximum Gasteiger partial charge on any atom is 0.254 e. The summed E-state index contributed by atoms with van der Waals surface area (Å²) in [5.74, 6) is 1.56. The number of ether oxygens (including phenoxy) is 2. The molecule has 5 nitrogen and oxygen atoms in total. The number of carbonyl (C=O) groups excluding carboxylic acids is 1. The zero-order valence-electron chi connectivity index (χ0n) is 13.7. The lowest BCUT2D eigenvalue weighted by molar-refractivity contribution is 0.0663. The quantitative estimate of drug-likeness (QED) is 0.838. The molecule has 3 aliphatic heterocycles. The van der Waals surface area contributed by atoms with Crippen molar-refractivity contribution < 1.29 is 14.3 Å². The van der Waals surface area contributed by atoms with Gasteiger partial charge in [-0.1, -0.05) is 0 Å². The van der Waals surface area contributed by atoms with Gasteiger partial charge in [0.25, 0.3) is 5.91 Å². The van der Waals surface area contributed by atoms with Crippen molar-refractivity contribution in [1.82, 2.24) is 9.80 Å². The van der Waals surface area contributed by atoms with Crippen LogP contribution in [0.1, 0.15) is 36.0 Å². The molecule has 0 aromatic heterocycles. The number of fused-ring (bicyclic) bond motifs is 1. The zero-order chi connectivity index (χ0) is 15.8. The highest BCUT2D eigenvalue weighted by Crippen LogP contribution is 2.33. The Morgan fingerprint density at radius 3 is 2.57 bits per heavy atom. The van der Waals surface area contributed by atoms with Crippen LogP contribution in [0.25, 0.3) is 0 Å². The molecule has 0 radical (unpaired) electrons. The van der Waals surface area contributed by atoms with Gasteiger partial charge < -0.3 is 19.3 Å². The second kappa shape index (κ2) is 6.04. The van der Waals surface area contributed by atoms with E-state index in [1.165, 1.54) is 12.8 Å². The van der Waals surface area contributed by atoms with Crippen molar-refractivity contribution in [2.45, 2.75) is 37.8 Å². The second-order valence-electron chi connectivity index (χ2n) is 6.76. The van der Waals surface area contributed by atoms with E-state index in [0.717, 1.165) is 31.7 Å². The first-order valence-electron chi connectivity index (χ1n) is 8.65. The van der Waals surface area contributed by atoms with Gasteiger partial charge in [0.05, 0.1) is 0 Å². The number of nitrogens with zero attached hydrogens (tertiary/aromatic N) is 2. The fourth-order valence-corrected chi connectivity index (χ4v) is 4.21. The standard InChI is InChI=1S/C18H24N2O3/c1-19-8-2-4-14(19)15-5-3-9-20(15)18(21)13-6-7-16-17(12-13)23-11-10-22-16/h6-7,12,14-15H,2-5,8-11H2,1H3/t14-,15+/m1/s1. The molecule has 1 aromatic rings. The van der Waals surface area contributed by atoms with Crippen LogP contribution in [-0.4, -0.2) is 61.1 Å². The van der Waals surface area contributed by atoms with Gasteiger partial charge in [0, 0.05) is 24.2 Å². The third kappa shape index (κ3) is 2.67. The molecule has 23 heavy (non-hydrogen) atoms. The number of hydrogen-bond acceptors (Lipinski definition) is 4. The molecule has 2 fully saturated rings. The molecule has 124 valence electrons. The maximum absolute atomic E-state index is 13.0. The molecule has 0 saturated carbocycles. The van der Waals surface area contributed by atoms with Crippen LogP contribution >= 0.6 is 0 Å². The first-order chi connectivity index (χ1) is 11.2. The van der Waals surface area contributed by atoms with Crippen LogP contribution in [0.2, 0.25) is 0 Å². The molecule has 1 aromatic carbocycles. The zero-order valence-corrected chi connectivity index (χ0v) is 13.7. The largest absolute Gasteiger partial charge is 0.486 e. The van der Waals surface area contributed by atoms with Gasteiger partial charge in [-0.2, -0.15) is 0 Å². The fourth-order valence-electron chi connectivity index (χ4n) is 4.21. The van der Waals surface area contributed by atoms with Crippen LogP contribution in [-0.2, 0) is 0 Å². The smallest absolute Gasteiger partial charge is 0.254 e. The van der Waals surface area contributed by atoms with Gasteiger partial charge in [-0.25, -0.2) is 0 Å². The molecule has 0 spiro atoms. The minimum atomic E-state index is 0.129. The molecule has 3 aliphatic rings. The lowest BCUT2D eigenvalue weighted by Gasteiger charge is -2.33. The van der Waals surface area contributed by atoms with E-state index in [4.69, 9.17) is 9.47 Å². The molecule has 2 saturated heterocycles. The Balaban J connectivity index is 1.55. The van der Waals surface area contributed by atoms with Gasteiger partial charge in [0.1, 0.15) is 13.2 Å². The molecule has 1 amide bonds. The van der Waals surface area contributed by atoms with E-state index in [-0.39, 0.29) is 5.91 Å². The third-order valence-electron chi connectivity index (χ3n) is 5.37. The Bertz CT molecular complexity index is 604. The van der Waals surface area contributed by atoms with Gasteiger partial charge in [-0.15, -0.1) is 0 Å². The highest BCUT2D eigenvalue weighted by atomic mass is 16.6. The number of likely N-dealkylation sites (tertiary alicyclic amines) is 2. The van der Waals surface area contributed by atoms with Crippen molar-refractivity contribution in [2.75, 3.05) is 33.4 Å². The van der Waals surface area contributed by atoms with E-state index in [0.29, 0.717) is 36.6 Å². The summed E-state index contributed by atoms with van der Waals surface area (Å²) in [4.78, 5) is 17.5. The number of carbonyl (C=O) groups is 1. The molecule has 0 unspecified atom stereocenters. The fraction of sp³-hybridized carbons (Fsp3) is 0.611. The molecule has 5 heteroatoms. The summed E-state index contributed by atoms with van der Waals surface area (Å²) in [7, 11) is 2.18. The Morgan fingerprint density at radius 2 is 1.78 bits per heavy atom. The SMILES string of the molecule is CN1CCC[C@@H]1[C@@H]1CCCN1C(=O)c1ccc2c(c1)OCCO2. The van der Waals surface area contributed by atoms with Gasteiger partial charge in [-0.3, -0.25) is 4.79 Å². The summed E-state index contributed by atoms with van der Waals surface area (Å²) in [6.45, 7) is 3.13. The molecular weight excluding hydrogens is 292 g/mol. The minimum absolute atomic E-state index is 0.129. The minimum Gasteiger partial charge on any atom is -0.486 e. The van der Waals surface area contributed by atoms with Gasteiger partial charge in [-0.05, 0) is 57.5 Å². The number of amides is 1. The van der Waals surface area contributed by atoms with E-state index < -0.39 is 0 Å². The van der Waals surface area contributed by atoms with Crippen molar-refractivity contribution in [3.05, 3.63) is 23.8 Å². The maximum atomic E-state index is 13.0. The van der Waals surface area contributed by atoms with Gasteiger partial charge in [0.15, 0.2) is 11.5 Å². The van der Waals surface area contributed by atoms with Crippen LogP contribution in [0.4, 0.5) is 0 Å². The van der Waals surface area contributed by atoms with Crippen molar-refractivity contribution >= 4 is 5.91 Å². The molecule has 0 aliphatic carbocycles. The average molecular weight is 316 g/mol. The van der Waals surface area contributed by atoms with E-state index in [9.17, 15) is 4.79 Å². The molecule has 2 atom stereocenters. The van der Waals surface area contributed by atoms with Crippen molar-refractivity contribution in [2.24, 2.45) is 0 Å². The highest BCUT2D eigenvalue weighted by molar-refractivity contribution is 5.95. The summed E-state index contributed by atoms with van der Waals surface area (Å²) >= 11 is 0. The second-order valence-corrected chi connectivity index (χ2v) is 6.76. The molecule has 0 bridgehead atoms. The molecule has 4 rings (SSSR count). The Morgan fingerprint density at radius 1 is 1.04 bits per heavy atom. The number of rotatable bonds is 2. The van der Waals surface area contributed by atoms with E-state index in [2.05, 4.69) is 16.8 Å². The molecular formula is C18H24N2O3. The van der Waals surface area contributed by atoms with E-state index in [1.807, 2.05) is 18.2 Å². The van der Waals surface area contributed by atoms with Crippen LogP contribution in [0.5, 0.6) is 11.5 Å². The van der Waals surface area contributed by atoms with E-state index in [1.54, 1.807) is 0 Å². The Kier molecular flexibility index (Phi) is 3.89. The first kappa shape index (κ1) is 14.8. The first-order valence-corrected chi connectivity index (χ1v) is 8.65. The Labute approximate surface area is 137 Å². The Hall–Kier alpha value is -1.75. The highest BCUT2D eigenvalue weighted by Gasteiger charge is 2.38. The summed E-state index contributed by atoms with van der Waals surface area (Å²) in [6.07, 6.45) is 4.66. The summed E-state index contributed by atoms with van der Waals surface area (Å²) in [6, 6.07) is 6.42. The predicted octanol–water partition coefficient (Wildman–Crippen LogP) is 2.16. The summed E-state index contributed by atoms with van der Waals surface area (Å²) < 4.78 is 11.2. The average Bonchev–Trinajstić information content (AvgIpc) is 3.22. The van der Waals surface area contributed by atoms with Crippen molar-refractivity contribution in [3.8, 4) is 11.5 Å². The predicted molar refractivity (Wildman–Crippen MR) is 87.1 cm³/mol. The number of likely N-dealkylation sites (N-methyl/N-ethyl adjacent to an activating group) is 1. The van der Waals surface area contributed by atoms with Crippen LogP contribution < -0.4 is 9.47 Å². The molecule has 0 N–H and O–H groups in total. The molecule has 3 heterocycles. The van der Waals surface area contributed by atoms with Crippen molar-refractivity contribution in [3.63, 3.8) is 0 Å². The van der Waals surface area contributed by atoms with Crippen LogP contribution in [0.15, 0.2) is 18.2 Å². The topological polar surface area (TPSA) is 42.0 Å². The summed E-state index contributed by atoms with van der Waals surface area (Å²) in [5.41, 5.74) is 0.710. The summed E-state index contributed by atoms with van der Waals surface area (Å²) in [5, 5.41) is 0. The third-order valence-corrected chi connectivity index (χ3v) is 5.37. The van der Waals surface area contributed by atoms with Gasteiger partial charge in [0.2, 0.25) is 0 Å². The van der Waals surface area contributed by atoms with Crippen LogP contribution in [0, 0.1) is 0 Å². The normalized spacial score (nSPS) is 27.4. The van der Waals surface area contributed by atoms with Gasteiger partial charge >= 0.3 is 0 Å². The lowest BCUT2D eigenvalue weighted by atomic mass is 10.0. The number of hydrogen-bond donors (Lipinski definition) is 0. The lowest BCUT2D eigenvalue weighted by Crippen LogP contribution is -2.47.